The van der Waals surface area contributed by atoms with Gasteiger partial charge in [-0.25, -0.2) is 0 Å². The van der Waals surface area contributed by atoms with Gasteiger partial charge in [-0.05, 0) is 56.2 Å². The van der Waals surface area contributed by atoms with Gasteiger partial charge in [-0.2, -0.15) is 0 Å². The van der Waals surface area contributed by atoms with Gasteiger partial charge >= 0.3 is 0 Å². The quantitative estimate of drug-likeness (QED) is 0.590. The molecule has 0 N–H and O–H groups in total. The van der Waals surface area contributed by atoms with Crippen LogP contribution in [0.2, 0.25) is 0 Å². The highest BCUT2D eigenvalue weighted by atomic mass is 32.2. The molecule has 1 saturated heterocycles. The SMILES string of the molecule is CC[C@@H]1CSC2=N[C@H](c3ccccn3)[C@H](c3cc(C)n(Cc4ccco4)c3C)N21. The van der Waals surface area contributed by atoms with Crippen LogP contribution in [0.25, 0.3) is 0 Å². The van der Waals surface area contributed by atoms with Crippen molar-refractivity contribution >= 4 is 16.9 Å². The maximum Gasteiger partial charge on any atom is 0.160 e. The average Bonchev–Trinajstić information content (AvgIpc) is 3.50. The largest absolute Gasteiger partial charge is 0.467 e. The average molecular weight is 407 g/mol. The zero-order valence-corrected chi connectivity index (χ0v) is 17.9. The number of thioether (sulfide) groups is 1. The molecule has 150 valence electrons. The summed E-state index contributed by atoms with van der Waals surface area (Å²) in [7, 11) is 0. The molecule has 0 unspecified atom stereocenters. The highest BCUT2D eigenvalue weighted by Gasteiger charge is 2.46. The fourth-order valence-corrected chi connectivity index (χ4v) is 5.95. The Bertz CT molecular complexity index is 1020. The molecule has 0 spiro atoms. The molecule has 0 aliphatic carbocycles. The number of hydrogen-bond acceptors (Lipinski definition) is 5. The molecule has 29 heavy (non-hydrogen) atoms. The fraction of sp³-hybridized carbons (Fsp3) is 0.391. The van der Waals surface area contributed by atoms with E-state index in [1.807, 2.05) is 36.2 Å². The summed E-state index contributed by atoms with van der Waals surface area (Å²) in [5.74, 6) is 2.09. The van der Waals surface area contributed by atoms with E-state index in [1.54, 1.807) is 6.26 Å². The van der Waals surface area contributed by atoms with E-state index in [9.17, 15) is 0 Å². The van der Waals surface area contributed by atoms with Crippen molar-refractivity contribution in [2.75, 3.05) is 5.75 Å². The standard InChI is InChI=1S/C23H26N4OS/c1-4-17-14-29-23-25-21(20-9-5-6-10-24-20)22(27(17)23)19-12-15(2)26(16(19)3)13-18-8-7-11-28-18/h5-12,17,21-22H,4,13-14H2,1-3H3/t17-,21-,22+/m1/s1. The van der Waals surface area contributed by atoms with Crippen molar-refractivity contribution in [3.05, 3.63) is 77.3 Å². The van der Waals surface area contributed by atoms with Gasteiger partial charge in [-0.3, -0.25) is 9.98 Å². The van der Waals surface area contributed by atoms with Crippen molar-refractivity contribution in [2.45, 2.75) is 51.9 Å². The van der Waals surface area contributed by atoms with E-state index in [2.05, 4.69) is 53.4 Å². The molecule has 3 atom stereocenters. The van der Waals surface area contributed by atoms with Crippen LogP contribution in [-0.4, -0.2) is 31.4 Å². The highest BCUT2D eigenvalue weighted by Crippen LogP contribution is 2.49. The maximum atomic E-state index is 5.61. The van der Waals surface area contributed by atoms with Gasteiger partial charge in [-0.15, -0.1) is 0 Å². The Hall–Kier alpha value is -2.47. The lowest BCUT2D eigenvalue weighted by Gasteiger charge is -2.32. The number of nitrogens with zero attached hydrogens (tertiary/aromatic N) is 4. The number of hydrogen-bond donors (Lipinski definition) is 0. The number of aromatic nitrogens is 2. The number of fused-ring (bicyclic) bond motifs is 1. The highest BCUT2D eigenvalue weighted by molar-refractivity contribution is 8.14. The Morgan fingerprint density at radius 1 is 1.21 bits per heavy atom. The summed E-state index contributed by atoms with van der Waals surface area (Å²) in [6.45, 7) is 7.44. The second kappa shape index (κ2) is 7.41. The van der Waals surface area contributed by atoms with E-state index >= 15 is 0 Å². The van der Waals surface area contributed by atoms with Gasteiger partial charge < -0.3 is 13.9 Å². The second-order valence-electron chi connectivity index (χ2n) is 7.83. The fourth-order valence-electron chi connectivity index (χ4n) is 4.62. The van der Waals surface area contributed by atoms with Gasteiger partial charge in [0.15, 0.2) is 5.17 Å². The molecule has 2 aliphatic heterocycles. The van der Waals surface area contributed by atoms with Crippen molar-refractivity contribution in [3.8, 4) is 0 Å². The van der Waals surface area contributed by atoms with E-state index in [0.29, 0.717) is 6.04 Å². The molecule has 1 fully saturated rings. The molecule has 5 nitrogen and oxygen atoms in total. The van der Waals surface area contributed by atoms with Crippen molar-refractivity contribution in [1.82, 2.24) is 14.5 Å². The summed E-state index contributed by atoms with van der Waals surface area (Å²) in [5.41, 5.74) is 4.94. The molecular formula is C23H26N4OS. The van der Waals surface area contributed by atoms with Crippen LogP contribution in [0, 0.1) is 13.8 Å². The van der Waals surface area contributed by atoms with E-state index in [4.69, 9.17) is 9.41 Å². The van der Waals surface area contributed by atoms with E-state index in [-0.39, 0.29) is 12.1 Å². The lowest BCUT2D eigenvalue weighted by molar-refractivity contribution is 0.254. The minimum Gasteiger partial charge on any atom is -0.467 e. The maximum absolute atomic E-state index is 5.61. The van der Waals surface area contributed by atoms with Crippen LogP contribution in [0.1, 0.15) is 53.8 Å². The van der Waals surface area contributed by atoms with Crippen LogP contribution in [0.5, 0.6) is 0 Å². The van der Waals surface area contributed by atoms with Crippen molar-refractivity contribution in [1.29, 1.82) is 0 Å². The predicted molar refractivity (Wildman–Crippen MR) is 117 cm³/mol. The minimum atomic E-state index is 0.0330. The third-order valence-electron chi connectivity index (χ3n) is 6.15. The van der Waals surface area contributed by atoms with Crippen LogP contribution < -0.4 is 0 Å². The molecule has 5 rings (SSSR count). The summed E-state index contributed by atoms with van der Waals surface area (Å²) < 4.78 is 7.96. The van der Waals surface area contributed by atoms with Gasteiger partial charge in [0.05, 0.1) is 24.5 Å². The summed E-state index contributed by atoms with van der Waals surface area (Å²) in [4.78, 5) is 12.4. The number of aliphatic imine (C=N–C) groups is 1. The van der Waals surface area contributed by atoms with Crippen LogP contribution in [0.15, 0.2) is 58.3 Å². The second-order valence-corrected chi connectivity index (χ2v) is 8.82. The van der Waals surface area contributed by atoms with E-state index in [0.717, 1.165) is 30.2 Å². The topological polar surface area (TPSA) is 46.6 Å². The van der Waals surface area contributed by atoms with Crippen LogP contribution in [-0.2, 0) is 6.54 Å². The van der Waals surface area contributed by atoms with Crippen LogP contribution >= 0.6 is 11.8 Å². The Morgan fingerprint density at radius 3 is 2.83 bits per heavy atom. The van der Waals surface area contributed by atoms with Crippen LogP contribution in [0.4, 0.5) is 0 Å². The lowest BCUT2D eigenvalue weighted by atomic mass is 9.95. The monoisotopic (exact) mass is 406 g/mol. The molecule has 6 heteroatoms. The number of furan rings is 1. The molecule has 0 bridgehead atoms. The molecule has 3 aromatic rings. The number of amidine groups is 1. The molecular weight excluding hydrogens is 380 g/mol. The normalized spacial score (nSPS) is 23.5. The zero-order chi connectivity index (χ0) is 20.0. The molecule has 0 amide bonds. The molecule has 3 aromatic heterocycles. The van der Waals surface area contributed by atoms with E-state index in [1.165, 1.54) is 22.1 Å². The Morgan fingerprint density at radius 2 is 2.10 bits per heavy atom. The van der Waals surface area contributed by atoms with Gasteiger partial charge in [0.25, 0.3) is 0 Å². The molecule has 0 saturated carbocycles. The van der Waals surface area contributed by atoms with Gasteiger partial charge in [0.2, 0.25) is 0 Å². The zero-order valence-electron chi connectivity index (χ0n) is 17.1. The van der Waals surface area contributed by atoms with Gasteiger partial charge in [-0.1, -0.05) is 24.8 Å². The van der Waals surface area contributed by atoms with Crippen molar-refractivity contribution < 1.29 is 4.42 Å². The minimum absolute atomic E-state index is 0.0330. The number of pyridine rings is 1. The predicted octanol–water partition coefficient (Wildman–Crippen LogP) is 5.12. The summed E-state index contributed by atoms with van der Waals surface area (Å²) in [6.07, 6.45) is 4.75. The van der Waals surface area contributed by atoms with Gasteiger partial charge in [0.1, 0.15) is 11.8 Å². The summed E-state index contributed by atoms with van der Waals surface area (Å²) in [5, 5.41) is 1.17. The lowest BCUT2D eigenvalue weighted by Crippen LogP contribution is -2.35. The molecule has 5 heterocycles. The van der Waals surface area contributed by atoms with Crippen molar-refractivity contribution in [2.24, 2.45) is 4.99 Å². The molecule has 0 aromatic carbocycles. The smallest absolute Gasteiger partial charge is 0.160 e. The molecule has 0 radical (unpaired) electrons. The van der Waals surface area contributed by atoms with Crippen molar-refractivity contribution in [3.63, 3.8) is 0 Å². The van der Waals surface area contributed by atoms with Gasteiger partial charge in [0, 0.05) is 29.4 Å². The number of aryl methyl sites for hydroxylation is 1. The first-order chi connectivity index (χ1) is 14.2. The third kappa shape index (κ3) is 3.10. The first-order valence-electron chi connectivity index (χ1n) is 10.3. The molecule has 2 aliphatic rings. The Kier molecular flexibility index (Phi) is 4.74. The van der Waals surface area contributed by atoms with Crippen LogP contribution in [0.3, 0.4) is 0 Å². The Labute approximate surface area is 175 Å². The first-order valence-corrected chi connectivity index (χ1v) is 11.2. The Balaban J connectivity index is 1.58. The third-order valence-corrected chi connectivity index (χ3v) is 7.28. The first kappa shape index (κ1) is 18.6. The van der Waals surface area contributed by atoms with E-state index < -0.39 is 0 Å². The number of rotatable bonds is 5. The summed E-state index contributed by atoms with van der Waals surface area (Å²) >= 11 is 1.89. The summed E-state index contributed by atoms with van der Waals surface area (Å²) in [6, 6.07) is 13.2.